The highest BCUT2D eigenvalue weighted by molar-refractivity contribution is 5.70. The van der Waals surface area contributed by atoms with Crippen molar-refractivity contribution in [2.24, 2.45) is 17.8 Å². The fraction of sp³-hybridized carbons (Fsp3) is 0.742. The van der Waals surface area contributed by atoms with Gasteiger partial charge >= 0.3 is 11.9 Å². The highest BCUT2D eigenvalue weighted by Crippen LogP contribution is 2.37. The molecule has 40 heavy (non-hydrogen) atoms. The Kier molecular flexibility index (Phi) is 13.0. The minimum atomic E-state index is -1.42. The standard InChI is InChI=1S/C31H50O9/c1-9-24(37-8)21(5)29-30(40-29)27(35)18(2)11-10-12-19(3)28-20(4)13-14-25(38-22(6)32)31(7,36)16-15-23(33)17-26(34)39-28/h10-14,18,20-21,23-25,27-30,33,35-36H,9,15-17H2,1-8H3/b11-10+,14-13+,19-12+/t18-,20+,21-,23-,24+,25+,27+,28-,29+,30-,31-/m1/s1. The molecule has 2 aliphatic heterocycles. The van der Waals surface area contributed by atoms with Crippen LogP contribution in [0.1, 0.15) is 74.1 Å². The van der Waals surface area contributed by atoms with Crippen LogP contribution in [-0.2, 0) is 28.5 Å². The van der Waals surface area contributed by atoms with Crippen LogP contribution >= 0.6 is 0 Å². The number of carbonyl (C=O) groups excluding carboxylic acids is 2. The van der Waals surface area contributed by atoms with Gasteiger partial charge in [0.05, 0.1) is 30.8 Å². The molecule has 0 radical (unpaired) electrons. The summed E-state index contributed by atoms with van der Waals surface area (Å²) in [7, 11) is 1.69. The van der Waals surface area contributed by atoms with Crippen molar-refractivity contribution in [3.8, 4) is 0 Å². The van der Waals surface area contributed by atoms with E-state index in [1.54, 1.807) is 26.2 Å². The van der Waals surface area contributed by atoms with Gasteiger partial charge in [0.1, 0.15) is 23.9 Å². The number of allylic oxidation sites excluding steroid dienone is 2. The molecule has 228 valence electrons. The molecule has 1 saturated heterocycles. The molecule has 2 aliphatic rings. The summed E-state index contributed by atoms with van der Waals surface area (Å²) < 4.78 is 22.5. The molecular formula is C31H50O9. The third-order valence-corrected chi connectivity index (χ3v) is 8.09. The molecule has 2 heterocycles. The van der Waals surface area contributed by atoms with E-state index in [2.05, 4.69) is 13.8 Å². The smallest absolute Gasteiger partial charge is 0.309 e. The van der Waals surface area contributed by atoms with Crippen molar-refractivity contribution < 1.29 is 43.9 Å². The van der Waals surface area contributed by atoms with Crippen LogP contribution in [0, 0.1) is 17.8 Å². The fourth-order valence-electron chi connectivity index (χ4n) is 5.32. The lowest BCUT2D eigenvalue weighted by atomic mass is 9.88. The number of hydrogen-bond acceptors (Lipinski definition) is 9. The number of methoxy groups -OCH3 is 1. The van der Waals surface area contributed by atoms with E-state index in [4.69, 9.17) is 18.9 Å². The molecule has 1 fully saturated rings. The van der Waals surface area contributed by atoms with Crippen molar-refractivity contribution >= 4 is 11.9 Å². The van der Waals surface area contributed by atoms with Crippen LogP contribution in [-0.4, -0.2) is 82.7 Å². The van der Waals surface area contributed by atoms with E-state index >= 15 is 0 Å². The maximum Gasteiger partial charge on any atom is 0.309 e. The van der Waals surface area contributed by atoms with Gasteiger partial charge in [-0.15, -0.1) is 0 Å². The normalized spacial score (nSPS) is 36.0. The third kappa shape index (κ3) is 9.80. The van der Waals surface area contributed by atoms with Gasteiger partial charge in [-0.3, -0.25) is 9.59 Å². The molecule has 0 aromatic carbocycles. The summed E-state index contributed by atoms with van der Waals surface area (Å²) in [5.41, 5.74) is -0.666. The first kappa shape index (κ1) is 34.2. The van der Waals surface area contributed by atoms with E-state index in [-0.39, 0.29) is 55.3 Å². The molecule has 0 bridgehead atoms. The van der Waals surface area contributed by atoms with Gasteiger partial charge in [0, 0.05) is 31.8 Å². The molecule has 0 spiro atoms. The number of ether oxygens (including phenoxy) is 4. The van der Waals surface area contributed by atoms with Gasteiger partial charge in [-0.25, -0.2) is 0 Å². The third-order valence-electron chi connectivity index (χ3n) is 8.09. The monoisotopic (exact) mass is 566 g/mol. The lowest BCUT2D eigenvalue weighted by Gasteiger charge is -2.32. The number of aliphatic hydroxyl groups is 3. The lowest BCUT2D eigenvalue weighted by Crippen LogP contribution is -2.42. The number of epoxide rings is 1. The zero-order valence-corrected chi connectivity index (χ0v) is 25.3. The summed E-state index contributed by atoms with van der Waals surface area (Å²) in [5, 5.41) is 32.2. The van der Waals surface area contributed by atoms with Crippen molar-refractivity contribution in [2.45, 2.75) is 122 Å². The maximum absolute atomic E-state index is 12.6. The molecule has 9 heteroatoms. The van der Waals surface area contributed by atoms with E-state index in [9.17, 15) is 24.9 Å². The number of aliphatic hydroxyl groups excluding tert-OH is 2. The molecule has 0 aromatic rings. The van der Waals surface area contributed by atoms with E-state index in [1.165, 1.54) is 6.92 Å². The zero-order chi connectivity index (χ0) is 30.2. The topological polar surface area (TPSA) is 135 Å². The largest absolute Gasteiger partial charge is 0.457 e. The molecule has 11 atom stereocenters. The maximum atomic E-state index is 12.6. The molecule has 2 rings (SSSR count). The first-order chi connectivity index (χ1) is 18.7. The van der Waals surface area contributed by atoms with Crippen molar-refractivity contribution in [1.29, 1.82) is 0 Å². The summed E-state index contributed by atoms with van der Waals surface area (Å²) in [6, 6.07) is 0. The van der Waals surface area contributed by atoms with Crippen molar-refractivity contribution in [1.82, 2.24) is 0 Å². The number of hydrogen-bond donors (Lipinski definition) is 3. The average Bonchev–Trinajstić information content (AvgIpc) is 3.68. The van der Waals surface area contributed by atoms with E-state index in [0.717, 1.165) is 12.0 Å². The van der Waals surface area contributed by atoms with Gasteiger partial charge in [-0.1, -0.05) is 52.0 Å². The number of rotatable bonds is 10. The zero-order valence-electron chi connectivity index (χ0n) is 25.3. The first-order valence-corrected chi connectivity index (χ1v) is 14.4. The minimum Gasteiger partial charge on any atom is -0.457 e. The van der Waals surface area contributed by atoms with Gasteiger partial charge in [-0.05, 0) is 44.8 Å². The quantitative estimate of drug-likeness (QED) is 0.157. The minimum absolute atomic E-state index is 0.0387. The Bertz CT molecular complexity index is 920. The van der Waals surface area contributed by atoms with Crippen LogP contribution in [0.2, 0.25) is 0 Å². The summed E-state index contributed by atoms with van der Waals surface area (Å²) in [5.74, 6) is -1.39. The van der Waals surface area contributed by atoms with Gasteiger partial charge in [0.15, 0.2) is 0 Å². The summed E-state index contributed by atoms with van der Waals surface area (Å²) >= 11 is 0. The molecule has 3 N–H and O–H groups in total. The van der Waals surface area contributed by atoms with Crippen LogP contribution in [0.25, 0.3) is 0 Å². The number of esters is 2. The van der Waals surface area contributed by atoms with Gasteiger partial charge in [0.25, 0.3) is 0 Å². The second kappa shape index (κ2) is 15.3. The van der Waals surface area contributed by atoms with Crippen molar-refractivity contribution in [3.63, 3.8) is 0 Å². The van der Waals surface area contributed by atoms with Crippen LogP contribution < -0.4 is 0 Å². The van der Waals surface area contributed by atoms with E-state index < -0.39 is 42.0 Å². The SMILES string of the molecule is CC[C@H](OC)[C@@H](C)[C@@H]1O[C@@H]1[C@@H](O)[C@H](C)/C=C/C=C(\C)[C@H]1OC(=O)C[C@H](O)CC[C@@](C)(O)[C@@H](OC(C)=O)/C=C/[C@@H]1C. The Morgan fingerprint density at radius 2 is 1.93 bits per heavy atom. The summed E-state index contributed by atoms with van der Waals surface area (Å²) in [6.45, 7) is 12.6. The molecular weight excluding hydrogens is 516 g/mol. The van der Waals surface area contributed by atoms with Crippen LogP contribution in [0.15, 0.2) is 36.0 Å². The predicted molar refractivity (Wildman–Crippen MR) is 151 cm³/mol. The molecule has 0 amide bonds. The molecule has 0 aromatic heterocycles. The predicted octanol–water partition coefficient (Wildman–Crippen LogP) is 3.65. The summed E-state index contributed by atoms with van der Waals surface area (Å²) in [4.78, 5) is 24.3. The molecule has 0 saturated carbocycles. The summed E-state index contributed by atoms with van der Waals surface area (Å²) in [6.07, 6.45) is 6.42. The Labute approximate surface area is 239 Å². The molecule has 0 unspecified atom stereocenters. The van der Waals surface area contributed by atoms with Crippen LogP contribution in [0.3, 0.4) is 0 Å². The number of carbonyl (C=O) groups is 2. The fourth-order valence-corrected chi connectivity index (χ4v) is 5.32. The average molecular weight is 567 g/mol. The molecule has 0 aliphatic carbocycles. The second-order valence-corrected chi connectivity index (χ2v) is 11.7. The van der Waals surface area contributed by atoms with Crippen molar-refractivity contribution in [2.75, 3.05) is 7.11 Å². The highest BCUT2D eigenvalue weighted by Gasteiger charge is 2.50. The van der Waals surface area contributed by atoms with Gasteiger partial charge < -0.3 is 34.3 Å². The first-order valence-electron chi connectivity index (χ1n) is 14.4. The molecule has 9 nitrogen and oxygen atoms in total. The second-order valence-electron chi connectivity index (χ2n) is 11.7. The van der Waals surface area contributed by atoms with Gasteiger partial charge in [0.2, 0.25) is 0 Å². The Balaban J connectivity index is 2.16. The van der Waals surface area contributed by atoms with E-state index in [1.807, 2.05) is 39.0 Å². The number of cyclic esters (lactones) is 1. The van der Waals surface area contributed by atoms with Gasteiger partial charge in [-0.2, -0.15) is 0 Å². The van der Waals surface area contributed by atoms with Crippen molar-refractivity contribution in [3.05, 3.63) is 36.0 Å². The Hall–Kier alpha value is -2.04. The Morgan fingerprint density at radius 1 is 1.25 bits per heavy atom. The lowest BCUT2D eigenvalue weighted by molar-refractivity contribution is -0.157. The van der Waals surface area contributed by atoms with Crippen LogP contribution in [0.5, 0.6) is 0 Å². The van der Waals surface area contributed by atoms with Crippen LogP contribution in [0.4, 0.5) is 0 Å². The Morgan fingerprint density at radius 3 is 2.52 bits per heavy atom. The highest BCUT2D eigenvalue weighted by atomic mass is 16.6. The van der Waals surface area contributed by atoms with E-state index in [0.29, 0.717) is 0 Å².